The fourth-order valence-electron chi connectivity index (χ4n) is 2.73. The van der Waals surface area contributed by atoms with Gasteiger partial charge in [0, 0.05) is 25.2 Å². The zero-order valence-corrected chi connectivity index (χ0v) is 13.2. The Labute approximate surface area is 127 Å². The van der Waals surface area contributed by atoms with Crippen LogP contribution in [0.3, 0.4) is 0 Å². The van der Waals surface area contributed by atoms with E-state index in [1.807, 2.05) is 24.3 Å². The zero-order valence-electron chi connectivity index (χ0n) is 13.2. The molecule has 0 aliphatic carbocycles. The summed E-state index contributed by atoms with van der Waals surface area (Å²) in [6.45, 7) is 9.53. The van der Waals surface area contributed by atoms with Crippen LogP contribution in [0.2, 0.25) is 0 Å². The Morgan fingerprint density at radius 1 is 1.24 bits per heavy atom. The molecule has 0 amide bonds. The normalized spacial score (nSPS) is 23.0. The first-order valence-corrected chi connectivity index (χ1v) is 7.66. The first kappa shape index (κ1) is 16.0. The third-order valence-electron chi connectivity index (χ3n) is 3.64. The number of carbonyl (C=O) groups is 1. The Morgan fingerprint density at radius 3 is 2.43 bits per heavy atom. The third kappa shape index (κ3) is 5.14. The summed E-state index contributed by atoms with van der Waals surface area (Å²) >= 11 is 0. The lowest BCUT2D eigenvalue weighted by Crippen LogP contribution is -2.45. The van der Waals surface area contributed by atoms with Gasteiger partial charge in [-0.15, -0.1) is 0 Å². The van der Waals surface area contributed by atoms with Crippen LogP contribution in [-0.4, -0.2) is 49.1 Å². The van der Waals surface area contributed by atoms with Crippen molar-refractivity contribution in [2.24, 2.45) is 0 Å². The highest BCUT2D eigenvalue weighted by molar-refractivity contribution is 5.94. The summed E-state index contributed by atoms with van der Waals surface area (Å²) in [7, 11) is 0. The highest BCUT2D eigenvalue weighted by atomic mass is 16.5. The molecule has 0 radical (unpaired) electrons. The second-order valence-corrected chi connectivity index (χ2v) is 5.80. The standard InChI is InChI=1S/C17H25NO3/c1-13-11-18(12-14(2)21-13)9-4-10-20-17-7-5-16(6-8-17)15(3)19/h5-8,13-14H,4,9-12H2,1-3H3. The van der Waals surface area contributed by atoms with Gasteiger partial charge in [0.05, 0.1) is 18.8 Å². The first-order chi connectivity index (χ1) is 10.0. The van der Waals surface area contributed by atoms with E-state index in [4.69, 9.17) is 9.47 Å². The maximum absolute atomic E-state index is 11.2. The maximum Gasteiger partial charge on any atom is 0.159 e. The van der Waals surface area contributed by atoms with Crippen LogP contribution in [0.15, 0.2) is 24.3 Å². The smallest absolute Gasteiger partial charge is 0.159 e. The Hall–Kier alpha value is -1.39. The van der Waals surface area contributed by atoms with Crippen LogP contribution < -0.4 is 4.74 Å². The molecular formula is C17H25NO3. The molecule has 2 rings (SSSR count). The topological polar surface area (TPSA) is 38.8 Å². The summed E-state index contributed by atoms with van der Waals surface area (Å²) in [5, 5.41) is 0. The van der Waals surface area contributed by atoms with E-state index in [0.717, 1.165) is 37.4 Å². The van der Waals surface area contributed by atoms with Crippen LogP contribution >= 0.6 is 0 Å². The highest BCUT2D eigenvalue weighted by Crippen LogP contribution is 2.14. The summed E-state index contributed by atoms with van der Waals surface area (Å²) in [6, 6.07) is 7.33. The lowest BCUT2D eigenvalue weighted by Gasteiger charge is -2.35. The average molecular weight is 291 g/mol. The van der Waals surface area contributed by atoms with Gasteiger partial charge < -0.3 is 9.47 Å². The van der Waals surface area contributed by atoms with Gasteiger partial charge in [0.25, 0.3) is 0 Å². The van der Waals surface area contributed by atoms with Crippen LogP contribution in [0.5, 0.6) is 5.75 Å². The van der Waals surface area contributed by atoms with Crippen molar-refractivity contribution in [3.63, 3.8) is 0 Å². The number of rotatable bonds is 6. The molecule has 1 aliphatic rings. The predicted molar refractivity (Wildman–Crippen MR) is 83.0 cm³/mol. The molecule has 0 saturated carbocycles. The van der Waals surface area contributed by atoms with Gasteiger partial charge in [-0.2, -0.15) is 0 Å². The van der Waals surface area contributed by atoms with E-state index in [9.17, 15) is 4.79 Å². The third-order valence-corrected chi connectivity index (χ3v) is 3.64. The minimum absolute atomic E-state index is 0.0807. The second kappa shape index (κ2) is 7.57. The van der Waals surface area contributed by atoms with Crippen LogP contribution in [0.25, 0.3) is 0 Å². The van der Waals surface area contributed by atoms with Crippen molar-refractivity contribution in [1.82, 2.24) is 4.90 Å². The van der Waals surface area contributed by atoms with Crippen molar-refractivity contribution in [2.75, 3.05) is 26.2 Å². The molecule has 116 valence electrons. The van der Waals surface area contributed by atoms with Gasteiger partial charge in [-0.1, -0.05) is 0 Å². The number of ether oxygens (including phenoxy) is 2. The molecule has 1 saturated heterocycles. The van der Waals surface area contributed by atoms with Gasteiger partial charge in [0.15, 0.2) is 5.78 Å². The number of carbonyl (C=O) groups excluding carboxylic acids is 1. The highest BCUT2D eigenvalue weighted by Gasteiger charge is 2.21. The van der Waals surface area contributed by atoms with Gasteiger partial charge in [0.2, 0.25) is 0 Å². The van der Waals surface area contributed by atoms with Crippen molar-refractivity contribution < 1.29 is 14.3 Å². The van der Waals surface area contributed by atoms with Crippen molar-refractivity contribution in [2.45, 2.75) is 39.4 Å². The second-order valence-electron chi connectivity index (χ2n) is 5.80. The fraction of sp³-hybridized carbons (Fsp3) is 0.588. The van der Waals surface area contributed by atoms with E-state index in [2.05, 4.69) is 18.7 Å². The molecular weight excluding hydrogens is 266 g/mol. The number of nitrogens with zero attached hydrogens (tertiary/aromatic N) is 1. The van der Waals surface area contributed by atoms with E-state index in [0.29, 0.717) is 18.8 Å². The molecule has 1 aromatic rings. The van der Waals surface area contributed by atoms with E-state index in [1.54, 1.807) is 6.92 Å². The minimum atomic E-state index is 0.0807. The quantitative estimate of drug-likeness (QED) is 0.597. The summed E-state index contributed by atoms with van der Waals surface area (Å²) in [5.74, 6) is 0.904. The molecule has 2 unspecified atom stereocenters. The van der Waals surface area contributed by atoms with E-state index in [-0.39, 0.29) is 5.78 Å². The molecule has 2 atom stereocenters. The molecule has 1 aromatic carbocycles. The monoisotopic (exact) mass is 291 g/mol. The summed E-state index contributed by atoms with van der Waals surface area (Å²) in [4.78, 5) is 13.6. The molecule has 0 spiro atoms. The SMILES string of the molecule is CC(=O)c1ccc(OCCCN2CC(C)OC(C)C2)cc1. The Morgan fingerprint density at radius 2 is 1.86 bits per heavy atom. The molecule has 1 fully saturated rings. The summed E-state index contributed by atoms with van der Waals surface area (Å²) in [6.07, 6.45) is 1.62. The maximum atomic E-state index is 11.2. The van der Waals surface area contributed by atoms with E-state index in [1.165, 1.54) is 0 Å². The average Bonchev–Trinajstić information content (AvgIpc) is 2.43. The lowest BCUT2D eigenvalue weighted by atomic mass is 10.1. The van der Waals surface area contributed by atoms with Crippen LogP contribution in [0.4, 0.5) is 0 Å². The van der Waals surface area contributed by atoms with Gasteiger partial charge in [-0.25, -0.2) is 0 Å². The molecule has 21 heavy (non-hydrogen) atoms. The number of hydrogen-bond acceptors (Lipinski definition) is 4. The van der Waals surface area contributed by atoms with Crippen molar-refractivity contribution in [3.8, 4) is 5.75 Å². The zero-order chi connectivity index (χ0) is 15.2. The molecule has 4 nitrogen and oxygen atoms in total. The molecule has 0 aromatic heterocycles. The van der Waals surface area contributed by atoms with Gasteiger partial charge in [-0.05, 0) is 51.5 Å². The first-order valence-electron chi connectivity index (χ1n) is 7.66. The Bertz CT molecular complexity index is 448. The van der Waals surface area contributed by atoms with Crippen molar-refractivity contribution in [3.05, 3.63) is 29.8 Å². The largest absolute Gasteiger partial charge is 0.494 e. The molecule has 4 heteroatoms. The Balaban J connectivity index is 1.68. The molecule has 0 bridgehead atoms. The van der Waals surface area contributed by atoms with Crippen LogP contribution in [0.1, 0.15) is 37.6 Å². The summed E-state index contributed by atoms with van der Waals surface area (Å²) < 4.78 is 11.4. The Kier molecular flexibility index (Phi) is 5.76. The fourth-order valence-corrected chi connectivity index (χ4v) is 2.73. The minimum Gasteiger partial charge on any atom is -0.494 e. The number of ketones is 1. The number of hydrogen-bond donors (Lipinski definition) is 0. The van der Waals surface area contributed by atoms with Gasteiger partial charge in [-0.3, -0.25) is 9.69 Å². The van der Waals surface area contributed by atoms with Crippen LogP contribution in [-0.2, 0) is 4.74 Å². The number of benzene rings is 1. The van der Waals surface area contributed by atoms with Gasteiger partial charge in [0.1, 0.15) is 5.75 Å². The van der Waals surface area contributed by atoms with Crippen molar-refractivity contribution in [1.29, 1.82) is 0 Å². The van der Waals surface area contributed by atoms with Crippen molar-refractivity contribution >= 4 is 5.78 Å². The van der Waals surface area contributed by atoms with Gasteiger partial charge >= 0.3 is 0 Å². The number of morpholine rings is 1. The van der Waals surface area contributed by atoms with E-state index >= 15 is 0 Å². The summed E-state index contributed by atoms with van der Waals surface area (Å²) in [5.41, 5.74) is 0.721. The molecule has 1 heterocycles. The molecule has 0 N–H and O–H groups in total. The van der Waals surface area contributed by atoms with Crippen LogP contribution in [0, 0.1) is 0 Å². The lowest BCUT2D eigenvalue weighted by molar-refractivity contribution is -0.0686. The number of Topliss-reactive ketones (excluding diaryl/α,β-unsaturated/α-hetero) is 1. The molecule has 1 aliphatic heterocycles. The predicted octanol–water partition coefficient (Wildman–Crippen LogP) is 2.77. The van der Waals surface area contributed by atoms with E-state index < -0.39 is 0 Å².